The van der Waals surface area contributed by atoms with Gasteiger partial charge in [0.1, 0.15) is 0 Å². The highest BCUT2D eigenvalue weighted by molar-refractivity contribution is 9.11. The molecule has 1 heterocycles. The maximum atomic E-state index is 3.40. The Kier molecular flexibility index (Phi) is 1.73. The molecule has 0 spiro atoms. The molecule has 1 aromatic heterocycles. The summed E-state index contributed by atoms with van der Waals surface area (Å²) in [6.07, 6.45) is 0. The maximum absolute atomic E-state index is 3.40. The number of hydrogen-bond acceptors (Lipinski definition) is 1. The molecule has 0 radical (unpaired) electrons. The van der Waals surface area contributed by atoms with E-state index in [0.29, 0.717) is 0 Å². The van der Waals surface area contributed by atoms with Crippen molar-refractivity contribution in [1.29, 1.82) is 0 Å². The minimum absolute atomic E-state index is 1.23. The fourth-order valence-electron chi connectivity index (χ4n) is 0.528. The van der Waals surface area contributed by atoms with Gasteiger partial charge in [-0.3, -0.25) is 0 Å². The van der Waals surface area contributed by atoms with Gasteiger partial charge >= 0.3 is 0 Å². The Morgan fingerprint density at radius 2 is 2.12 bits per heavy atom. The van der Waals surface area contributed by atoms with E-state index in [1.165, 1.54) is 14.2 Å². The Morgan fingerprint density at radius 1 is 1.50 bits per heavy atom. The molecule has 8 heavy (non-hydrogen) atoms. The third-order valence-electron chi connectivity index (χ3n) is 1.14. The van der Waals surface area contributed by atoms with E-state index in [9.17, 15) is 0 Å². The van der Waals surface area contributed by atoms with Gasteiger partial charge in [0.05, 0.1) is 3.79 Å². The lowest BCUT2D eigenvalue weighted by molar-refractivity contribution is 1.44. The molecule has 0 fully saturated rings. The minimum Gasteiger partial charge on any atom is -0.133 e. The van der Waals surface area contributed by atoms with Gasteiger partial charge < -0.3 is 0 Å². The van der Waals surface area contributed by atoms with E-state index < -0.39 is 0 Å². The topological polar surface area (TPSA) is 0 Å². The first-order valence-electron chi connectivity index (χ1n) is 2.42. The Bertz CT molecular complexity index is 171. The first-order chi connectivity index (χ1) is 3.70. The highest BCUT2D eigenvalue weighted by Gasteiger charge is 1.95. The molecular weight excluding hydrogens is 184 g/mol. The quantitative estimate of drug-likeness (QED) is 0.590. The summed E-state index contributed by atoms with van der Waals surface area (Å²) >= 11 is 5.19. The van der Waals surface area contributed by atoms with Gasteiger partial charge in [0, 0.05) is 4.88 Å². The Hall–Kier alpha value is 0.180. The minimum atomic E-state index is 1.23. The van der Waals surface area contributed by atoms with Crippen LogP contribution in [0.25, 0.3) is 0 Å². The van der Waals surface area contributed by atoms with Gasteiger partial charge in [-0.15, -0.1) is 11.3 Å². The molecule has 0 aliphatic heterocycles. The predicted molar refractivity (Wildman–Crippen MR) is 41.5 cm³/mol. The first kappa shape index (κ1) is 6.30. The number of halogens is 1. The van der Waals surface area contributed by atoms with Crippen LogP contribution < -0.4 is 0 Å². The summed E-state index contributed by atoms with van der Waals surface area (Å²) in [5.74, 6) is 0. The summed E-state index contributed by atoms with van der Waals surface area (Å²) < 4.78 is 1.23. The van der Waals surface area contributed by atoms with E-state index in [1.807, 2.05) is 0 Å². The van der Waals surface area contributed by atoms with E-state index in [0.717, 1.165) is 0 Å². The lowest BCUT2D eigenvalue weighted by Crippen LogP contribution is -1.61. The molecule has 0 N–H and O–H groups in total. The summed E-state index contributed by atoms with van der Waals surface area (Å²) in [6, 6.07) is 2.14. The zero-order chi connectivity index (χ0) is 6.15. The van der Waals surface area contributed by atoms with Crippen molar-refractivity contribution in [2.24, 2.45) is 0 Å². The maximum Gasteiger partial charge on any atom is 0.0703 e. The fraction of sp³-hybridized carbons (Fsp3) is 0.333. The Balaban J connectivity index is 3.14. The smallest absolute Gasteiger partial charge is 0.0703 e. The molecule has 44 valence electrons. The Labute approximate surface area is 61.7 Å². The van der Waals surface area contributed by atoms with Crippen molar-refractivity contribution in [3.05, 3.63) is 20.3 Å². The van der Waals surface area contributed by atoms with Gasteiger partial charge in [-0.2, -0.15) is 0 Å². The molecule has 0 saturated heterocycles. The molecule has 1 aromatic rings. The van der Waals surface area contributed by atoms with E-state index in [4.69, 9.17) is 0 Å². The standard InChI is InChI=1S/C6H7BrS/c1-4-3-6(7)8-5(4)2/h3H,1-2H3. The lowest BCUT2D eigenvalue weighted by Gasteiger charge is -1.79. The third kappa shape index (κ3) is 1.12. The zero-order valence-corrected chi connectivity index (χ0v) is 7.27. The summed E-state index contributed by atoms with van der Waals surface area (Å²) in [5, 5.41) is 0. The van der Waals surface area contributed by atoms with Crippen LogP contribution in [-0.2, 0) is 0 Å². The van der Waals surface area contributed by atoms with Gasteiger partial charge in [0.2, 0.25) is 0 Å². The molecule has 0 saturated carbocycles. The molecule has 0 unspecified atom stereocenters. The SMILES string of the molecule is Cc1cc(Br)sc1C. The lowest BCUT2D eigenvalue weighted by atomic mass is 10.3. The van der Waals surface area contributed by atoms with Crippen LogP contribution in [0.4, 0.5) is 0 Å². The highest BCUT2D eigenvalue weighted by Crippen LogP contribution is 2.24. The van der Waals surface area contributed by atoms with Crippen molar-refractivity contribution < 1.29 is 0 Å². The predicted octanol–water partition coefficient (Wildman–Crippen LogP) is 3.13. The number of hydrogen-bond donors (Lipinski definition) is 0. The zero-order valence-electron chi connectivity index (χ0n) is 4.86. The molecule has 0 amide bonds. The van der Waals surface area contributed by atoms with Crippen molar-refractivity contribution in [3.8, 4) is 0 Å². The largest absolute Gasteiger partial charge is 0.133 e. The number of rotatable bonds is 0. The second kappa shape index (κ2) is 2.19. The van der Waals surface area contributed by atoms with Crippen molar-refractivity contribution in [1.82, 2.24) is 0 Å². The molecule has 0 bridgehead atoms. The van der Waals surface area contributed by atoms with Gasteiger partial charge in [-0.25, -0.2) is 0 Å². The van der Waals surface area contributed by atoms with Crippen molar-refractivity contribution in [2.45, 2.75) is 13.8 Å². The van der Waals surface area contributed by atoms with Crippen molar-refractivity contribution in [2.75, 3.05) is 0 Å². The average Bonchev–Trinajstić information content (AvgIpc) is 1.85. The molecule has 1 rings (SSSR count). The van der Waals surface area contributed by atoms with Crippen LogP contribution in [0.1, 0.15) is 10.4 Å². The fourth-order valence-corrected chi connectivity index (χ4v) is 2.35. The molecule has 2 heteroatoms. The molecule has 0 aliphatic rings. The second-order valence-corrected chi connectivity index (χ2v) is 4.43. The monoisotopic (exact) mass is 190 g/mol. The average molecular weight is 191 g/mol. The van der Waals surface area contributed by atoms with Gasteiger partial charge in [0.25, 0.3) is 0 Å². The van der Waals surface area contributed by atoms with E-state index >= 15 is 0 Å². The number of thiophene rings is 1. The highest BCUT2D eigenvalue weighted by atomic mass is 79.9. The summed E-state index contributed by atoms with van der Waals surface area (Å²) in [5.41, 5.74) is 1.38. The van der Waals surface area contributed by atoms with E-state index in [2.05, 4.69) is 35.8 Å². The van der Waals surface area contributed by atoms with Crippen LogP contribution in [0.5, 0.6) is 0 Å². The third-order valence-corrected chi connectivity index (χ3v) is 2.79. The van der Waals surface area contributed by atoms with Crippen molar-refractivity contribution in [3.63, 3.8) is 0 Å². The molecular formula is C6H7BrS. The molecule has 0 atom stereocenters. The second-order valence-electron chi connectivity index (χ2n) is 1.79. The van der Waals surface area contributed by atoms with Gasteiger partial charge in [-0.05, 0) is 41.4 Å². The first-order valence-corrected chi connectivity index (χ1v) is 4.03. The van der Waals surface area contributed by atoms with Crippen LogP contribution in [0.15, 0.2) is 9.85 Å². The molecule has 0 nitrogen and oxygen atoms in total. The normalized spacial score (nSPS) is 9.88. The van der Waals surface area contributed by atoms with Crippen LogP contribution in [0.3, 0.4) is 0 Å². The van der Waals surface area contributed by atoms with E-state index in [-0.39, 0.29) is 0 Å². The van der Waals surface area contributed by atoms with Crippen molar-refractivity contribution >= 4 is 27.3 Å². The summed E-state index contributed by atoms with van der Waals surface area (Å²) in [6.45, 7) is 4.25. The number of aryl methyl sites for hydroxylation is 2. The van der Waals surface area contributed by atoms with Gasteiger partial charge in [0.15, 0.2) is 0 Å². The van der Waals surface area contributed by atoms with E-state index in [1.54, 1.807) is 11.3 Å². The van der Waals surface area contributed by atoms with Crippen LogP contribution >= 0.6 is 27.3 Å². The molecule has 0 aromatic carbocycles. The molecule has 0 aliphatic carbocycles. The Morgan fingerprint density at radius 3 is 2.25 bits per heavy atom. The van der Waals surface area contributed by atoms with Crippen LogP contribution in [0, 0.1) is 13.8 Å². The van der Waals surface area contributed by atoms with Crippen LogP contribution in [0.2, 0.25) is 0 Å². The van der Waals surface area contributed by atoms with Crippen LogP contribution in [-0.4, -0.2) is 0 Å². The summed E-state index contributed by atoms with van der Waals surface area (Å²) in [7, 11) is 0. The summed E-state index contributed by atoms with van der Waals surface area (Å²) in [4.78, 5) is 1.40. The van der Waals surface area contributed by atoms with Gasteiger partial charge in [-0.1, -0.05) is 0 Å².